The Morgan fingerprint density at radius 1 is 0.735 bits per heavy atom. The number of hydrogen-bond acceptors (Lipinski definition) is 6. The Kier molecular flexibility index (Phi) is 6.27. The monoisotopic (exact) mass is 456 g/mol. The fourth-order valence-corrected chi connectivity index (χ4v) is 3.87. The van der Waals surface area contributed by atoms with Gasteiger partial charge in [0.15, 0.2) is 0 Å². The highest BCUT2D eigenvalue weighted by Gasteiger charge is 2.41. The lowest BCUT2D eigenvalue weighted by Gasteiger charge is -2.18. The second-order valence-electron chi connectivity index (χ2n) is 8.37. The predicted octanol–water partition coefficient (Wildman–Crippen LogP) is 4.22. The third kappa shape index (κ3) is 4.20. The van der Waals surface area contributed by atoms with Crippen LogP contribution in [0.25, 0.3) is 5.57 Å². The highest BCUT2D eigenvalue weighted by molar-refractivity contribution is 6.46. The number of nitrogens with zero attached hydrogens (tertiary/aromatic N) is 3. The molecule has 0 saturated heterocycles. The van der Waals surface area contributed by atoms with Crippen molar-refractivity contribution in [3.8, 4) is 5.75 Å². The molecule has 7 nitrogen and oxygen atoms in total. The van der Waals surface area contributed by atoms with E-state index in [0.717, 1.165) is 11.4 Å². The maximum atomic E-state index is 13.7. The van der Waals surface area contributed by atoms with E-state index in [1.54, 1.807) is 31.4 Å². The number of carbonyl (C=O) groups excluding carboxylic acids is 2. The minimum atomic E-state index is -0.416. The number of rotatable bonds is 7. The van der Waals surface area contributed by atoms with Crippen LogP contribution in [-0.2, 0) is 9.59 Å². The molecule has 174 valence electrons. The van der Waals surface area contributed by atoms with Crippen molar-refractivity contribution in [2.45, 2.75) is 0 Å². The molecular formula is C27H28N4O3. The van der Waals surface area contributed by atoms with Gasteiger partial charge in [-0.3, -0.25) is 9.59 Å². The maximum Gasteiger partial charge on any atom is 0.282 e. The number of ether oxygens (including phenoxy) is 1. The van der Waals surface area contributed by atoms with Crippen LogP contribution < -0.4 is 24.8 Å². The van der Waals surface area contributed by atoms with Crippen LogP contribution in [0.1, 0.15) is 5.56 Å². The van der Waals surface area contributed by atoms with Crippen molar-refractivity contribution in [3.05, 3.63) is 84.1 Å². The van der Waals surface area contributed by atoms with Gasteiger partial charge >= 0.3 is 0 Å². The topological polar surface area (TPSA) is 65.1 Å². The molecule has 1 N–H and O–H groups in total. The molecule has 0 unspecified atom stereocenters. The summed E-state index contributed by atoms with van der Waals surface area (Å²) in [5, 5.41) is 3.20. The molecule has 0 aromatic heterocycles. The summed E-state index contributed by atoms with van der Waals surface area (Å²) in [6.45, 7) is 0. The molecule has 2 amide bonds. The van der Waals surface area contributed by atoms with E-state index in [2.05, 4.69) is 5.32 Å². The zero-order valence-corrected chi connectivity index (χ0v) is 20.0. The van der Waals surface area contributed by atoms with E-state index in [4.69, 9.17) is 4.74 Å². The molecular weight excluding hydrogens is 428 g/mol. The standard InChI is InChI=1S/C27H28N4O3/c1-29(2)19-12-10-18(11-13-19)28-25-24(22-8-6-7-9-23(22)34-5)26(32)31(27(25)33)21-16-14-20(15-17-21)30(3)4/h6-17,28H,1-5H3. The third-order valence-electron chi connectivity index (χ3n) is 5.74. The van der Waals surface area contributed by atoms with Crippen molar-refractivity contribution >= 4 is 40.1 Å². The molecule has 1 heterocycles. The van der Waals surface area contributed by atoms with Crippen LogP contribution in [0.15, 0.2) is 78.5 Å². The molecule has 0 saturated carbocycles. The van der Waals surface area contributed by atoms with Crippen LogP contribution in [0.2, 0.25) is 0 Å². The zero-order valence-electron chi connectivity index (χ0n) is 20.0. The Balaban J connectivity index is 1.79. The molecule has 1 aliphatic heterocycles. The smallest absolute Gasteiger partial charge is 0.282 e. The Hall–Kier alpha value is -4.26. The average Bonchev–Trinajstić information content (AvgIpc) is 3.08. The summed E-state index contributed by atoms with van der Waals surface area (Å²) in [6.07, 6.45) is 0. The van der Waals surface area contributed by atoms with Gasteiger partial charge in [-0.15, -0.1) is 0 Å². The lowest BCUT2D eigenvalue weighted by molar-refractivity contribution is -0.120. The first-order valence-corrected chi connectivity index (χ1v) is 10.9. The van der Waals surface area contributed by atoms with Crippen LogP contribution in [0.3, 0.4) is 0 Å². The summed E-state index contributed by atoms with van der Waals surface area (Å²) >= 11 is 0. The lowest BCUT2D eigenvalue weighted by Crippen LogP contribution is -2.32. The number of benzene rings is 3. The number of carbonyl (C=O) groups is 2. The van der Waals surface area contributed by atoms with Crippen LogP contribution in [0.5, 0.6) is 5.75 Å². The summed E-state index contributed by atoms with van der Waals surface area (Å²) in [5.41, 5.74) is 4.26. The Labute approximate surface area is 199 Å². The van der Waals surface area contributed by atoms with E-state index in [9.17, 15) is 9.59 Å². The second kappa shape index (κ2) is 9.31. The van der Waals surface area contributed by atoms with Crippen LogP contribution >= 0.6 is 0 Å². The molecule has 0 spiro atoms. The molecule has 7 heteroatoms. The molecule has 3 aromatic carbocycles. The largest absolute Gasteiger partial charge is 0.496 e. The van der Waals surface area contributed by atoms with E-state index in [0.29, 0.717) is 22.7 Å². The normalized spacial score (nSPS) is 13.4. The quantitative estimate of drug-likeness (QED) is 0.537. The summed E-state index contributed by atoms with van der Waals surface area (Å²) in [4.78, 5) is 32.5. The van der Waals surface area contributed by atoms with Gasteiger partial charge in [0.05, 0.1) is 18.4 Å². The Bertz CT molecular complexity index is 1250. The van der Waals surface area contributed by atoms with Crippen molar-refractivity contribution in [2.24, 2.45) is 0 Å². The molecule has 0 radical (unpaired) electrons. The SMILES string of the molecule is COc1ccccc1C1=C(Nc2ccc(N(C)C)cc2)C(=O)N(c2ccc(N(C)C)cc2)C1=O. The van der Waals surface area contributed by atoms with Gasteiger partial charge in [-0.1, -0.05) is 18.2 Å². The van der Waals surface area contributed by atoms with Crippen molar-refractivity contribution in [2.75, 3.05) is 55.3 Å². The van der Waals surface area contributed by atoms with Gasteiger partial charge in [0, 0.05) is 50.8 Å². The molecule has 0 fully saturated rings. The summed E-state index contributed by atoms with van der Waals surface area (Å²) in [7, 11) is 9.34. The predicted molar refractivity (Wildman–Crippen MR) is 138 cm³/mol. The molecule has 1 aliphatic rings. The fourth-order valence-electron chi connectivity index (χ4n) is 3.87. The zero-order chi connectivity index (χ0) is 24.4. The molecule has 0 atom stereocenters. The maximum absolute atomic E-state index is 13.7. The van der Waals surface area contributed by atoms with E-state index in [1.165, 1.54) is 4.90 Å². The number of amides is 2. The van der Waals surface area contributed by atoms with Gasteiger partial charge in [0.1, 0.15) is 11.4 Å². The van der Waals surface area contributed by atoms with Gasteiger partial charge in [-0.25, -0.2) is 4.90 Å². The summed E-state index contributed by atoms with van der Waals surface area (Å²) in [5.74, 6) is -0.301. The second-order valence-corrected chi connectivity index (χ2v) is 8.37. The molecule has 0 bridgehead atoms. The van der Waals surface area contributed by atoms with Crippen LogP contribution in [0.4, 0.5) is 22.7 Å². The Morgan fingerprint density at radius 3 is 1.85 bits per heavy atom. The van der Waals surface area contributed by atoms with Gasteiger partial charge in [-0.05, 0) is 54.6 Å². The third-order valence-corrected chi connectivity index (χ3v) is 5.74. The average molecular weight is 457 g/mol. The van der Waals surface area contributed by atoms with Crippen LogP contribution in [0, 0.1) is 0 Å². The molecule has 3 aromatic rings. The summed E-state index contributed by atoms with van der Waals surface area (Å²) < 4.78 is 5.51. The van der Waals surface area contributed by atoms with Crippen molar-refractivity contribution in [3.63, 3.8) is 0 Å². The number of para-hydroxylation sites is 1. The molecule has 0 aliphatic carbocycles. The van der Waals surface area contributed by atoms with Crippen molar-refractivity contribution in [1.82, 2.24) is 0 Å². The van der Waals surface area contributed by atoms with Crippen molar-refractivity contribution < 1.29 is 14.3 Å². The molecule has 34 heavy (non-hydrogen) atoms. The number of nitrogens with one attached hydrogen (secondary N) is 1. The highest BCUT2D eigenvalue weighted by atomic mass is 16.5. The first-order chi connectivity index (χ1) is 16.3. The van der Waals surface area contributed by atoms with Gasteiger partial charge in [0.25, 0.3) is 11.8 Å². The number of imide groups is 1. The van der Waals surface area contributed by atoms with Gasteiger partial charge < -0.3 is 19.9 Å². The van der Waals surface area contributed by atoms with E-state index < -0.39 is 11.8 Å². The highest BCUT2D eigenvalue weighted by Crippen LogP contribution is 2.37. The number of methoxy groups -OCH3 is 1. The van der Waals surface area contributed by atoms with Crippen molar-refractivity contribution in [1.29, 1.82) is 0 Å². The first kappa shape index (κ1) is 22.9. The fraction of sp³-hybridized carbons (Fsp3) is 0.185. The lowest BCUT2D eigenvalue weighted by atomic mass is 10.0. The van der Waals surface area contributed by atoms with E-state index in [-0.39, 0.29) is 11.3 Å². The minimum Gasteiger partial charge on any atom is -0.496 e. The molecule has 4 rings (SSSR count). The van der Waals surface area contributed by atoms with Gasteiger partial charge in [-0.2, -0.15) is 0 Å². The van der Waals surface area contributed by atoms with E-state index >= 15 is 0 Å². The minimum absolute atomic E-state index is 0.212. The number of anilines is 4. The van der Waals surface area contributed by atoms with E-state index in [1.807, 2.05) is 86.5 Å². The number of hydrogen-bond donors (Lipinski definition) is 1. The summed E-state index contributed by atoms with van der Waals surface area (Å²) in [6, 6.07) is 22.2. The first-order valence-electron chi connectivity index (χ1n) is 10.9. The van der Waals surface area contributed by atoms with Gasteiger partial charge in [0.2, 0.25) is 0 Å². The Morgan fingerprint density at radius 2 is 1.29 bits per heavy atom. The van der Waals surface area contributed by atoms with Crippen LogP contribution in [-0.4, -0.2) is 47.1 Å².